The van der Waals surface area contributed by atoms with Crippen LogP contribution in [0.4, 0.5) is 0 Å². The zero-order valence-electron chi connectivity index (χ0n) is 7.82. The molecule has 0 aromatic heterocycles. The number of thioether (sulfide) groups is 1. The van der Waals surface area contributed by atoms with Crippen LogP contribution in [0.5, 0.6) is 0 Å². The van der Waals surface area contributed by atoms with Gasteiger partial charge in [-0.15, -0.1) is 10.1 Å². The van der Waals surface area contributed by atoms with Crippen molar-refractivity contribution in [3.05, 3.63) is 10.1 Å². The second kappa shape index (κ2) is 7.01. The Morgan fingerprint density at radius 2 is 2.33 bits per heavy atom. The van der Waals surface area contributed by atoms with Crippen LogP contribution in [0.25, 0.3) is 0 Å². The molecule has 0 heterocycles. The van der Waals surface area contributed by atoms with Crippen LogP contribution in [-0.2, 0) is 19.5 Å². The summed E-state index contributed by atoms with van der Waals surface area (Å²) in [5.74, 6) is -1.60. The van der Waals surface area contributed by atoms with Crippen molar-refractivity contribution in [1.29, 1.82) is 0 Å². The highest BCUT2D eigenvalue weighted by Crippen LogP contribution is 2.07. The molecule has 0 amide bonds. The zero-order chi connectivity index (χ0) is 11.8. The Morgan fingerprint density at radius 3 is 2.73 bits per heavy atom. The predicted octanol–water partition coefficient (Wildman–Crippen LogP) is -0.842. The van der Waals surface area contributed by atoms with E-state index in [9.17, 15) is 19.7 Å². The maximum atomic E-state index is 11.0. The molecule has 0 aliphatic heterocycles. The van der Waals surface area contributed by atoms with Crippen LogP contribution < -0.4 is 5.73 Å². The van der Waals surface area contributed by atoms with E-state index in [4.69, 9.17) is 5.73 Å². The van der Waals surface area contributed by atoms with Crippen LogP contribution in [-0.4, -0.2) is 35.4 Å². The Kier molecular flexibility index (Phi) is 6.38. The van der Waals surface area contributed by atoms with Crippen LogP contribution in [0.15, 0.2) is 0 Å². The Hall–Kier alpha value is -1.35. The topological polar surface area (TPSA) is 122 Å². The lowest BCUT2D eigenvalue weighted by Crippen LogP contribution is -2.41. The van der Waals surface area contributed by atoms with Gasteiger partial charge in [0.25, 0.3) is 0 Å². The summed E-state index contributed by atoms with van der Waals surface area (Å²) in [5.41, 5.74) is 5.32. The van der Waals surface area contributed by atoms with E-state index >= 15 is 0 Å². The van der Waals surface area contributed by atoms with Gasteiger partial charge in [0.2, 0.25) is 0 Å². The van der Waals surface area contributed by atoms with Gasteiger partial charge in [-0.25, -0.2) is 4.79 Å². The number of nitrogens with zero attached hydrogens (tertiary/aromatic N) is 1. The molecule has 2 N–H and O–H groups in total. The van der Waals surface area contributed by atoms with Crippen molar-refractivity contribution in [3.63, 3.8) is 0 Å². The molecule has 0 aromatic rings. The van der Waals surface area contributed by atoms with E-state index in [0.717, 1.165) is 0 Å². The van der Waals surface area contributed by atoms with Gasteiger partial charge in [-0.05, 0) is 6.26 Å². The first-order valence-electron chi connectivity index (χ1n) is 3.75. The summed E-state index contributed by atoms with van der Waals surface area (Å²) >= 11 is 1.31. The number of aldehydes is 1. The quantitative estimate of drug-likeness (QED) is 0.263. The lowest BCUT2D eigenvalue weighted by molar-refractivity contribution is -0.839. The van der Waals surface area contributed by atoms with Gasteiger partial charge in [0.05, 0.1) is 0 Å². The molecule has 0 aliphatic rings. The van der Waals surface area contributed by atoms with Gasteiger partial charge < -0.3 is 10.5 Å². The molecular formula is C6H10N2O6S. The van der Waals surface area contributed by atoms with Crippen LogP contribution in [0.1, 0.15) is 0 Å². The second-order valence-corrected chi connectivity index (χ2v) is 3.39. The number of nitrogens with two attached hydrogens (primary N) is 1. The van der Waals surface area contributed by atoms with Crippen LogP contribution in [0, 0.1) is 16.0 Å². The molecule has 86 valence electrons. The van der Waals surface area contributed by atoms with Gasteiger partial charge in [0.15, 0.2) is 0 Å². The second-order valence-electron chi connectivity index (χ2n) is 2.48. The SMILES string of the molecule is CSCC(C=O)C(N)C(=O)OO[N+](=O)[O-]. The van der Waals surface area contributed by atoms with E-state index in [0.29, 0.717) is 12.0 Å². The third-order valence-electron chi connectivity index (χ3n) is 1.45. The first kappa shape index (κ1) is 13.7. The average molecular weight is 238 g/mol. The normalized spacial score (nSPS) is 13.7. The predicted molar refractivity (Wildman–Crippen MR) is 50.1 cm³/mol. The lowest BCUT2D eigenvalue weighted by atomic mass is 10.1. The molecule has 9 heteroatoms. The van der Waals surface area contributed by atoms with Crippen molar-refractivity contribution < 1.29 is 24.6 Å². The van der Waals surface area contributed by atoms with E-state index < -0.39 is 23.0 Å². The number of carbonyl (C=O) groups excluding carboxylic acids is 2. The maximum Gasteiger partial charge on any atom is 0.360 e. The summed E-state index contributed by atoms with van der Waals surface area (Å²) in [6.07, 6.45) is 2.22. The van der Waals surface area contributed by atoms with Gasteiger partial charge in [0, 0.05) is 11.7 Å². The third kappa shape index (κ3) is 5.18. The number of rotatable bonds is 7. The fourth-order valence-electron chi connectivity index (χ4n) is 0.718. The molecule has 0 radical (unpaired) electrons. The average Bonchev–Trinajstić information content (AvgIpc) is 2.21. The highest BCUT2D eigenvalue weighted by molar-refractivity contribution is 7.98. The van der Waals surface area contributed by atoms with Crippen molar-refractivity contribution in [2.75, 3.05) is 12.0 Å². The van der Waals surface area contributed by atoms with Gasteiger partial charge in [0.1, 0.15) is 12.3 Å². The smallest absolute Gasteiger partial charge is 0.318 e. The minimum atomic E-state index is -1.30. The monoisotopic (exact) mass is 238 g/mol. The number of carbonyl (C=O) groups is 2. The number of hydrogen-bond acceptors (Lipinski definition) is 8. The van der Waals surface area contributed by atoms with Gasteiger partial charge in [-0.3, -0.25) is 4.89 Å². The molecule has 0 aliphatic carbocycles. The summed E-state index contributed by atoms with van der Waals surface area (Å²) in [6, 6.07) is -1.27. The molecule has 2 unspecified atom stereocenters. The molecule has 0 fully saturated rings. The molecule has 0 saturated carbocycles. The Morgan fingerprint density at radius 1 is 1.73 bits per heavy atom. The molecule has 0 aromatic carbocycles. The first-order valence-corrected chi connectivity index (χ1v) is 5.15. The summed E-state index contributed by atoms with van der Waals surface area (Å²) in [6.45, 7) is 0. The minimum Gasteiger partial charge on any atom is -0.318 e. The number of hydrogen-bond donors (Lipinski definition) is 1. The largest absolute Gasteiger partial charge is 0.360 e. The third-order valence-corrected chi connectivity index (χ3v) is 2.17. The molecule has 0 saturated heterocycles. The van der Waals surface area contributed by atoms with E-state index in [1.165, 1.54) is 11.8 Å². The van der Waals surface area contributed by atoms with Crippen molar-refractivity contribution in [2.45, 2.75) is 6.04 Å². The Labute approximate surface area is 89.1 Å². The zero-order valence-corrected chi connectivity index (χ0v) is 8.64. The first-order chi connectivity index (χ1) is 7.02. The minimum absolute atomic E-state index is 0.318. The van der Waals surface area contributed by atoms with E-state index in [1.807, 2.05) is 0 Å². The molecule has 8 nitrogen and oxygen atoms in total. The van der Waals surface area contributed by atoms with Crippen molar-refractivity contribution in [1.82, 2.24) is 0 Å². The van der Waals surface area contributed by atoms with Crippen molar-refractivity contribution in [3.8, 4) is 0 Å². The van der Waals surface area contributed by atoms with Crippen LogP contribution in [0.3, 0.4) is 0 Å². The van der Waals surface area contributed by atoms with Gasteiger partial charge >= 0.3 is 11.1 Å². The van der Waals surface area contributed by atoms with Crippen molar-refractivity contribution >= 4 is 24.0 Å². The molecule has 2 atom stereocenters. The Bertz CT molecular complexity index is 248. The molecular weight excluding hydrogens is 228 g/mol. The fourth-order valence-corrected chi connectivity index (χ4v) is 1.39. The summed E-state index contributed by atoms with van der Waals surface area (Å²) in [4.78, 5) is 38.3. The van der Waals surface area contributed by atoms with Gasteiger partial charge in [-0.1, -0.05) is 4.99 Å². The van der Waals surface area contributed by atoms with Gasteiger partial charge in [-0.2, -0.15) is 11.8 Å². The fraction of sp³-hybridized carbons (Fsp3) is 0.667. The molecule has 0 rings (SSSR count). The molecule has 0 spiro atoms. The van der Waals surface area contributed by atoms with E-state index in [2.05, 4.69) is 9.88 Å². The van der Waals surface area contributed by atoms with E-state index in [-0.39, 0.29) is 0 Å². The lowest BCUT2D eigenvalue weighted by Gasteiger charge is -2.14. The van der Waals surface area contributed by atoms with E-state index in [1.54, 1.807) is 6.26 Å². The van der Waals surface area contributed by atoms with Crippen LogP contribution in [0.2, 0.25) is 0 Å². The van der Waals surface area contributed by atoms with Crippen molar-refractivity contribution in [2.24, 2.45) is 11.7 Å². The molecule has 15 heavy (non-hydrogen) atoms. The Balaban J connectivity index is 4.15. The molecule has 0 bridgehead atoms. The maximum absolute atomic E-state index is 11.0. The highest BCUT2D eigenvalue weighted by Gasteiger charge is 2.26. The van der Waals surface area contributed by atoms with Crippen LogP contribution >= 0.6 is 11.8 Å². The highest BCUT2D eigenvalue weighted by atomic mass is 32.2. The summed E-state index contributed by atoms with van der Waals surface area (Å²) in [7, 11) is 0. The summed E-state index contributed by atoms with van der Waals surface area (Å²) < 4.78 is 0. The summed E-state index contributed by atoms with van der Waals surface area (Å²) in [5, 5.41) is 8.39. The standard InChI is InChI=1S/C6H10N2O6S/c1-15-3-4(2-9)5(7)6(10)13-14-8(11)12/h2,4-5H,3,7H2,1H3.